The monoisotopic (exact) mass is 702 g/mol. The van der Waals surface area contributed by atoms with Crippen molar-refractivity contribution in [2.24, 2.45) is 5.92 Å². The van der Waals surface area contributed by atoms with Gasteiger partial charge in [-0.1, -0.05) is 65.4 Å². The minimum Gasteiger partial charge on any atom is -0.497 e. The molecule has 8 nitrogen and oxygen atoms in total. The van der Waals surface area contributed by atoms with Crippen molar-refractivity contribution in [1.82, 2.24) is 4.57 Å². The second kappa shape index (κ2) is 12.5. The first kappa shape index (κ1) is 32.2. The zero-order chi connectivity index (χ0) is 32.8. The van der Waals surface area contributed by atoms with Crippen LogP contribution in [0.2, 0.25) is 18.6 Å². The molecule has 0 radical (unpaired) electrons. The van der Waals surface area contributed by atoms with Crippen LogP contribution in [0.4, 0.5) is 5.69 Å². The van der Waals surface area contributed by atoms with Gasteiger partial charge in [-0.2, -0.15) is 0 Å². The largest absolute Gasteiger partial charge is 0.497 e. The maximum atomic E-state index is 14.8. The molecule has 2 aliphatic heterocycles. The summed E-state index contributed by atoms with van der Waals surface area (Å²) in [6.07, 6.45) is 1.86. The minimum absolute atomic E-state index is 0.0248. The topological polar surface area (TPSA) is 90.2 Å². The smallest absolute Gasteiger partial charge is 0.297 e. The quantitative estimate of drug-likeness (QED) is 0.223. The van der Waals surface area contributed by atoms with Gasteiger partial charge in [-0.3, -0.25) is 14.2 Å². The second-order valence-corrected chi connectivity index (χ2v) is 18.2. The molecule has 4 aromatic rings. The van der Waals surface area contributed by atoms with E-state index in [-0.39, 0.29) is 41.4 Å². The Balaban J connectivity index is 1.37. The number of amides is 1. The fourth-order valence-electron chi connectivity index (χ4n) is 7.62. The number of methoxy groups -OCH3 is 2. The van der Waals surface area contributed by atoms with Crippen LogP contribution in [0.15, 0.2) is 94.3 Å². The Morgan fingerprint density at radius 2 is 1.70 bits per heavy atom. The SMILES string of the molecule is COc1ccc([Si](C)(C)[C@@H]2[C@@H](CCO)O[C@]3(C(=O)N(Cc4ccc(-n5cccc(OC)c5=O)cc4)c4ccc(Br)cc43)[C@H]2C)cc1. The molecule has 3 aromatic carbocycles. The lowest BCUT2D eigenvalue weighted by atomic mass is 9.82. The van der Waals surface area contributed by atoms with Gasteiger partial charge in [-0.25, -0.2) is 0 Å². The molecule has 46 heavy (non-hydrogen) atoms. The summed E-state index contributed by atoms with van der Waals surface area (Å²) in [5.41, 5.74) is 1.92. The number of halogens is 1. The predicted molar refractivity (Wildman–Crippen MR) is 185 cm³/mol. The van der Waals surface area contributed by atoms with E-state index >= 15 is 0 Å². The minimum atomic E-state index is -2.26. The third kappa shape index (κ3) is 5.21. The van der Waals surface area contributed by atoms with Crippen molar-refractivity contribution >= 4 is 40.8 Å². The lowest BCUT2D eigenvalue weighted by molar-refractivity contribution is -0.146. The maximum Gasteiger partial charge on any atom is 0.297 e. The summed E-state index contributed by atoms with van der Waals surface area (Å²) in [4.78, 5) is 29.4. The molecule has 1 amide bonds. The summed E-state index contributed by atoms with van der Waals surface area (Å²) < 4.78 is 20.0. The van der Waals surface area contributed by atoms with E-state index in [0.717, 1.165) is 27.0 Å². The molecule has 0 saturated carbocycles. The van der Waals surface area contributed by atoms with Gasteiger partial charge in [0, 0.05) is 34.4 Å². The Hall–Kier alpha value is -3.70. The molecule has 2 aliphatic rings. The molecule has 240 valence electrons. The number of hydrogen-bond donors (Lipinski definition) is 1. The number of carbonyl (C=O) groups is 1. The van der Waals surface area contributed by atoms with Crippen LogP contribution in [0.25, 0.3) is 5.69 Å². The van der Waals surface area contributed by atoms with Crippen LogP contribution in [-0.4, -0.2) is 50.6 Å². The Labute approximate surface area is 278 Å². The molecule has 1 fully saturated rings. The summed E-state index contributed by atoms with van der Waals surface area (Å²) in [5, 5.41) is 11.4. The Morgan fingerprint density at radius 1 is 0.978 bits per heavy atom. The van der Waals surface area contributed by atoms with E-state index in [9.17, 15) is 14.7 Å². The fourth-order valence-corrected chi connectivity index (χ4v) is 12.0. The summed E-state index contributed by atoms with van der Waals surface area (Å²) in [7, 11) is 0.879. The standard InChI is InChI=1S/C36H39BrN2O6Si/c1-23-33(46(4,5)28-15-13-27(43-2)14-16-28)31(18-20-40)45-36(23)29-21-25(37)10-17-30(29)39(35(36)42)22-24-8-11-26(12-9-24)38-19-6-7-32(44-3)34(38)41/h6-17,19,21,23,31,33,40H,18,20,22H2,1-5H3/t23-,31+,33-,36+/m0/s1. The first-order valence-corrected chi connectivity index (χ1v) is 19.3. The number of aliphatic hydroxyl groups is 1. The molecule has 1 N–H and O–H groups in total. The summed E-state index contributed by atoms with van der Waals surface area (Å²) >= 11 is 3.65. The third-order valence-corrected chi connectivity index (χ3v) is 14.8. The molecule has 0 bridgehead atoms. The van der Waals surface area contributed by atoms with E-state index in [1.807, 2.05) is 59.5 Å². The van der Waals surface area contributed by atoms with Crippen LogP contribution >= 0.6 is 15.9 Å². The van der Waals surface area contributed by atoms with Crippen molar-refractivity contribution < 1.29 is 24.1 Å². The Morgan fingerprint density at radius 3 is 2.35 bits per heavy atom. The van der Waals surface area contributed by atoms with E-state index in [1.165, 1.54) is 16.9 Å². The lowest BCUT2D eigenvalue weighted by Crippen LogP contribution is -2.51. The van der Waals surface area contributed by atoms with E-state index < -0.39 is 13.7 Å². The van der Waals surface area contributed by atoms with E-state index in [2.05, 4.69) is 48.1 Å². The highest BCUT2D eigenvalue weighted by Gasteiger charge is 2.66. The van der Waals surface area contributed by atoms with Gasteiger partial charge >= 0.3 is 0 Å². The highest BCUT2D eigenvalue weighted by Crippen LogP contribution is 2.60. The van der Waals surface area contributed by atoms with E-state index in [4.69, 9.17) is 14.2 Å². The van der Waals surface area contributed by atoms with Gasteiger partial charge in [0.15, 0.2) is 11.4 Å². The number of rotatable bonds is 9. The van der Waals surface area contributed by atoms with Crippen LogP contribution in [-0.2, 0) is 21.7 Å². The molecule has 1 spiro atoms. The molecular formula is C36H39BrN2O6Si. The van der Waals surface area contributed by atoms with Crippen molar-refractivity contribution in [1.29, 1.82) is 0 Å². The van der Waals surface area contributed by atoms with Gasteiger partial charge in [0.25, 0.3) is 11.5 Å². The van der Waals surface area contributed by atoms with Crippen LogP contribution in [0.1, 0.15) is 24.5 Å². The van der Waals surface area contributed by atoms with Crippen LogP contribution in [0, 0.1) is 5.92 Å². The van der Waals surface area contributed by atoms with Gasteiger partial charge < -0.3 is 24.2 Å². The van der Waals surface area contributed by atoms with Crippen molar-refractivity contribution in [3.8, 4) is 17.2 Å². The van der Waals surface area contributed by atoms with Gasteiger partial charge in [0.1, 0.15) is 5.75 Å². The van der Waals surface area contributed by atoms with Gasteiger partial charge in [0.2, 0.25) is 0 Å². The number of anilines is 1. The van der Waals surface area contributed by atoms with Gasteiger partial charge in [-0.05, 0) is 72.1 Å². The highest BCUT2D eigenvalue weighted by atomic mass is 79.9. The van der Waals surface area contributed by atoms with E-state index in [1.54, 1.807) is 25.4 Å². The fraction of sp³-hybridized carbons (Fsp3) is 0.333. The van der Waals surface area contributed by atoms with Crippen LogP contribution < -0.4 is 25.1 Å². The van der Waals surface area contributed by atoms with Gasteiger partial charge in [-0.15, -0.1) is 0 Å². The van der Waals surface area contributed by atoms with Crippen molar-refractivity contribution in [3.63, 3.8) is 0 Å². The molecule has 10 heteroatoms. The molecule has 1 aromatic heterocycles. The zero-order valence-electron chi connectivity index (χ0n) is 26.7. The number of benzene rings is 3. The van der Waals surface area contributed by atoms with Crippen molar-refractivity contribution in [3.05, 3.63) is 111 Å². The second-order valence-electron chi connectivity index (χ2n) is 12.6. The number of nitrogens with zero attached hydrogens (tertiary/aromatic N) is 2. The van der Waals surface area contributed by atoms with Crippen molar-refractivity contribution in [2.45, 2.75) is 50.2 Å². The lowest BCUT2D eigenvalue weighted by Gasteiger charge is -2.37. The van der Waals surface area contributed by atoms with Crippen molar-refractivity contribution in [2.75, 3.05) is 25.7 Å². The molecule has 0 aliphatic carbocycles. The number of hydrogen-bond acceptors (Lipinski definition) is 6. The number of carbonyl (C=O) groups excluding carboxylic acids is 1. The van der Waals surface area contributed by atoms with Crippen LogP contribution in [0.5, 0.6) is 11.5 Å². The average Bonchev–Trinajstić information content (AvgIpc) is 3.48. The molecular weight excluding hydrogens is 664 g/mol. The highest BCUT2D eigenvalue weighted by molar-refractivity contribution is 9.10. The first-order valence-electron chi connectivity index (χ1n) is 15.5. The normalized spacial score (nSPS) is 22.4. The number of aliphatic hydroxyl groups excluding tert-OH is 1. The number of fused-ring (bicyclic) bond motifs is 2. The Kier molecular flexibility index (Phi) is 8.75. The predicted octanol–water partition coefficient (Wildman–Crippen LogP) is 5.76. The molecule has 6 rings (SSSR count). The Bertz CT molecular complexity index is 1810. The molecule has 4 atom stereocenters. The van der Waals surface area contributed by atoms with Crippen LogP contribution in [0.3, 0.4) is 0 Å². The number of aromatic nitrogens is 1. The average molecular weight is 704 g/mol. The molecule has 1 saturated heterocycles. The third-order valence-electron chi connectivity index (χ3n) is 9.90. The summed E-state index contributed by atoms with van der Waals surface area (Å²) in [6, 6.07) is 25.2. The first-order chi connectivity index (χ1) is 22.1. The number of pyridine rings is 1. The molecule has 3 heterocycles. The van der Waals surface area contributed by atoms with E-state index in [0.29, 0.717) is 18.7 Å². The summed E-state index contributed by atoms with van der Waals surface area (Å²) in [6.45, 7) is 7.12. The number of ether oxygens (including phenoxy) is 3. The van der Waals surface area contributed by atoms with Gasteiger partial charge in [0.05, 0.1) is 40.6 Å². The summed E-state index contributed by atoms with van der Waals surface area (Å²) in [5.74, 6) is 0.826. The maximum absolute atomic E-state index is 14.8. The zero-order valence-corrected chi connectivity index (χ0v) is 29.3. The molecule has 0 unspecified atom stereocenters.